The van der Waals surface area contributed by atoms with Crippen LogP contribution in [0.5, 0.6) is 0 Å². The Kier molecular flexibility index (Phi) is 5.63. The Balaban J connectivity index is 1.53. The maximum absolute atomic E-state index is 12.5. The number of benzene rings is 1. The van der Waals surface area contributed by atoms with Gasteiger partial charge in [0.15, 0.2) is 0 Å². The molecule has 3 rings (SSSR count). The van der Waals surface area contributed by atoms with E-state index in [1.54, 1.807) is 6.08 Å². The number of carbonyl (C=O) groups excluding carboxylic acids is 1. The number of carbonyl (C=O) groups is 1. The first kappa shape index (κ1) is 16.7. The fourth-order valence-corrected chi connectivity index (χ4v) is 3.28. The highest BCUT2D eigenvalue weighted by Crippen LogP contribution is 2.36. The van der Waals surface area contributed by atoms with Gasteiger partial charge in [-0.25, -0.2) is 4.68 Å². The second-order valence-corrected chi connectivity index (χ2v) is 6.73. The van der Waals surface area contributed by atoms with E-state index in [1.807, 2.05) is 27.8 Å². The molecule has 1 fully saturated rings. The molecule has 24 heavy (non-hydrogen) atoms. The highest BCUT2D eigenvalue weighted by Gasteiger charge is 2.28. The van der Waals surface area contributed by atoms with Crippen LogP contribution in [0.2, 0.25) is 0 Å². The number of rotatable bonds is 9. The zero-order valence-electron chi connectivity index (χ0n) is 13.5. The van der Waals surface area contributed by atoms with Crippen molar-refractivity contribution in [3.05, 3.63) is 48.6 Å². The lowest BCUT2D eigenvalue weighted by atomic mass is 10.1. The highest BCUT2D eigenvalue weighted by molar-refractivity contribution is 7.99. The van der Waals surface area contributed by atoms with E-state index < -0.39 is 0 Å². The zero-order chi connectivity index (χ0) is 16.8. The molecule has 1 amide bonds. The van der Waals surface area contributed by atoms with Crippen LogP contribution in [0.15, 0.2) is 48.1 Å². The van der Waals surface area contributed by atoms with Crippen LogP contribution >= 0.6 is 11.8 Å². The molecular formula is C17H21N5OS. The minimum absolute atomic E-state index is 0.0844. The van der Waals surface area contributed by atoms with Crippen LogP contribution in [-0.2, 0) is 11.2 Å². The lowest BCUT2D eigenvalue weighted by Crippen LogP contribution is -2.34. The summed E-state index contributed by atoms with van der Waals surface area (Å²) in [6.07, 6.45) is 4.84. The van der Waals surface area contributed by atoms with Crippen molar-refractivity contribution in [2.24, 2.45) is 0 Å². The van der Waals surface area contributed by atoms with Crippen LogP contribution in [0.1, 0.15) is 24.4 Å². The van der Waals surface area contributed by atoms with E-state index >= 15 is 0 Å². The summed E-state index contributed by atoms with van der Waals surface area (Å²) in [5.41, 5.74) is 1.23. The number of tetrazole rings is 1. The predicted octanol–water partition coefficient (Wildman–Crippen LogP) is 2.36. The standard InChI is InChI=1S/C17H21N5OS/c1-2-11-21(12-10-14-6-4-3-5-7-14)16(23)13-24-17-18-19-20-22(17)15-8-9-15/h2-7,15H,1,8-13H2. The van der Waals surface area contributed by atoms with Gasteiger partial charge in [0.05, 0.1) is 11.8 Å². The Morgan fingerprint density at radius 3 is 2.88 bits per heavy atom. The maximum Gasteiger partial charge on any atom is 0.233 e. The van der Waals surface area contributed by atoms with E-state index in [0.29, 0.717) is 24.9 Å². The molecule has 1 aliphatic carbocycles. The monoisotopic (exact) mass is 343 g/mol. The summed E-state index contributed by atoms with van der Waals surface area (Å²) in [5, 5.41) is 12.5. The molecule has 1 aromatic carbocycles. The third-order valence-electron chi connectivity index (χ3n) is 3.90. The largest absolute Gasteiger partial charge is 0.338 e. The van der Waals surface area contributed by atoms with Crippen LogP contribution in [0, 0.1) is 0 Å². The maximum atomic E-state index is 12.5. The SMILES string of the molecule is C=CCN(CCc1ccccc1)C(=O)CSc1nnnn1C1CC1. The zero-order valence-corrected chi connectivity index (χ0v) is 14.4. The fraction of sp³-hybridized carbons (Fsp3) is 0.412. The van der Waals surface area contributed by atoms with Gasteiger partial charge in [-0.2, -0.15) is 0 Å². The van der Waals surface area contributed by atoms with Gasteiger partial charge < -0.3 is 4.90 Å². The highest BCUT2D eigenvalue weighted by atomic mass is 32.2. The Morgan fingerprint density at radius 2 is 2.17 bits per heavy atom. The number of amides is 1. The van der Waals surface area contributed by atoms with Crippen molar-refractivity contribution in [3.8, 4) is 0 Å². The summed E-state index contributed by atoms with van der Waals surface area (Å²) >= 11 is 1.41. The summed E-state index contributed by atoms with van der Waals surface area (Å²) < 4.78 is 1.83. The second-order valence-electron chi connectivity index (χ2n) is 5.79. The van der Waals surface area contributed by atoms with Crippen LogP contribution in [0.4, 0.5) is 0 Å². The molecule has 7 heteroatoms. The van der Waals surface area contributed by atoms with Gasteiger partial charge in [-0.3, -0.25) is 4.79 Å². The molecule has 1 aromatic heterocycles. The van der Waals surface area contributed by atoms with Gasteiger partial charge in [-0.15, -0.1) is 11.7 Å². The first-order valence-electron chi connectivity index (χ1n) is 8.11. The summed E-state index contributed by atoms with van der Waals surface area (Å²) in [6, 6.07) is 10.6. The van der Waals surface area contributed by atoms with E-state index in [2.05, 4.69) is 34.2 Å². The van der Waals surface area contributed by atoms with Gasteiger partial charge in [0.25, 0.3) is 0 Å². The number of nitrogens with zero attached hydrogens (tertiary/aromatic N) is 5. The van der Waals surface area contributed by atoms with Gasteiger partial charge in [-0.05, 0) is 35.3 Å². The number of hydrogen-bond acceptors (Lipinski definition) is 5. The van der Waals surface area contributed by atoms with Crippen molar-refractivity contribution in [2.75, 3.05) is 18.8 Å². The minimum Gasteiger partial charge on any atom is -0.338 e. The van der Waals surface area contributed by atoms with Gasteiger partial charge in [0.1, 0.15) is 0 Å². The van der Waals surface area contributed by atoms with E-state index in [0.717, 1.165) is 24.4 Å². The minimum atomic E-state index is 0.0844. The lowest BCUT2D eigenvalue weighted by molar-refractivity contribution is -0.127. The van der Waals surface area contributed by atoms with Crippen molar-refractivity contribution < 1.29 is 4.79 Å². The summed E-state index contributed by atoms with van der Waals surface area (Å²) in [6.45, 7) is 5.00. The molecule has 126 valence electrons. The Labute approximate surface area is 145 Å². The van der Waals surface area contributed by atoms with Crippen LogP contribution in [0.3, 0.4) is 0 Å². The van der Waals surface area contributed by atoms with Crippen molar-refractivity contribution in [1.82, 2.24) is 25.1 Å². The molecule has 0 atom stereocenters. The first-order chi connectivity index (χ1) is 11.8. The Bertz CT molecular complexity index is 683. The quantitative estimate of drug-likeness (QED) is 0.517. The molecule has 1 heterocycles. The molecule has 0 unspecified atom stereocenters. The van der Waals surface area contributed by atoms with Crippen molar-refractivity contribution in [2.45, 2.75) is 30.5 Å². The van der Waals surface area contributed by atoms with Crippen LogP contribution in [-0.4, -0.2) is 49.9 Å². The topological polar surface area (TPSA) is 63.9 Å². The van der Waals surface area contributed by atoms with Gasteiger partial charge in [0, 0.05) is 13.1 Å². The average molecular weight is 343 g/mol. The van der Waals surface area contributed by atoms with Gasteiger partial charge >= 0.3 is 0 Å². The molecule has 0 N–H and O–H groups in total. The van der Waals surface area contributed by atoms with Crippen LogP contribution in [0.25, 0.3) is 0 Å². The molecule has 1 aliphatic rings. The molecule has 2 aromatic rings. The molecular weight excluding hydrogens is 322 g/mol. The molecule has 0 radical (unpaired) electrons. The van der Waals surface area contributed by atoms with E-state index in [4.69, 9.17) is 0 Å². The first-order valence-corrected chi connectivity index (χ1v) is 9.09. The van der Waals surface area contributed by atoms with E-state index in [-0.39, 0.29) is 5.91 Å². The van der Waals surface area contributed by atoms with Crippen molar-refractivity contribution >= 4 is 17.7 Å². The molecule has 0 saturated heterocycles. The molecule has 0 aliphatic heterocycles. The predicted molar refractivity (Wildman–Crippen MR) is 93.7 cm³/mol. The number of thioether (sulfide) groups is 1. The average Bonchev–Trinajstić information content (AvgIpc) is 3.35. The molecule has 0 spiro atoms. The third-order valence-corrected chi connectivity index (χ3v) is 4.81. The third kappa shape index (κ3) is 4.44. The molecule has 6 nitrogen and oxygen atoms in total. The summed E-state index contributed by atoms with van der Waals surface area (Å²) in [7, 11) is 0. The summed E-state index contributed by atoms with van der Waals surface area (Å²) in [5.74, 6) is 0.427. The number of hydrogen-bond donors (Lipinski definition) is 0. The van der Waals surface area contributed by atoms with Crippen molar-refractivity contribution in [1.29, 1.82) is 0 Å². The summed E-state index contributed by atoms with van der Waals surface area (Å²) in [4.78, 5) is 14.4. The smallest absolute Gasteiger partial charge is 0.233 e. The molecule has 1 saturated carbocycles. The number of aromatic nitrogens is 4. The lowest BCUT2D eigenvalue weighted by Gasteiger charge is -2.21. The molecule has 0 bridgehead atoms. The van der Waals surface area contributed by atoms with E-state index in [9.17, 15) is 4.79 Å². The van der Waals surface area contributed by atoms with Gasteiger partial charge in [0.2, 0.25) is 11.1 Å². The Morgan fingerprint density at radius 1 is 1.38 bits per heavy atom. The van der Waals surface area contributed by atoms with Crippen LogP contribution < -0.4 is 0 Å². The fourth-order valence-electron chi connectivity index (χ4n) is 2.43. The second kappa shape index (κ2) is 8.10. The van der Waals surface area contributed by atoms with Gasteiger partial charge in [-0.1, -0.05) is 48.2 Å². The normalized spacial score (nSPS) is 13.7. The van der Waals surface area contributed by atoms with Crippen molar-refractivity contribution in [3.63, 3.8) is 0 Å². The Hall–Kier alpha value is -2.15. The van der Waals surface area contributed by atoms with E-state index in [1.165, 1.54) is 17.3 Å².